The molecular formula is C28H50O4Se. The van der Waals surface area contributed by atoms with E-state index in [0.717, 1.165) is 38.5 Å². The molecule has 0 aromatic heterocycles. The molecule has 0 bridgehead atoms. The molecule has 0 aliphatic heterocycles. The van der Waals surface area contributed by atoms with E-state index in [4.69, 9.17) is 9.47 Å². The predicted octanol–water partition coefficient (Wildman–Crippen LogP) is 7.96. The Morgan fingerprint density at radius 3 is 1.06 bits per heavy atom. The molecule has 192 valence electrons. The van der Waals surface area contributed by atoms with Gasteiger partial charge in [0.15, 0.2) is 0 Å². The molecule has 0 radical (unpaired) electrons. The predicted molar refractivity (Wildman–Crippen MR) is 137 cm³/mol. The van der Waals surface area contributed by atoms with E-state index in [0.29, 0.717) is 24.6 Å². The summed E-state index contributed by atoms with van der Waals surface area (Å²) in [6, 6.07) is 0. The molecule has 0 spiro atoms. The fourth-order valence-corrected chi connectivity index (χ4v) is 9.23. The summed E-state index contributed by atoms with van der Waals surface area (Å²) >= 11 is 0.300. The van der Waals surface area contributed by atoms with Crippen LogP contribution >= 0.6 is 0 Å². The van der Waals surface area contributed by atoms with Crippen LogP contribution in [0.15, 0.2) is 0 Å². The van der Waals surface area contributed by atoms with E-state index in [9.17, 15) is 9.59 Å². The summed E-state index contributed by atoms with van der Waals surface area (Å²) in [7, 11) is 0. The van der Waals surface area contributed by atoms with E-state index < -0.39 is 0 Å². The van der Waals surface area contributed by atoms with E-state index in [1.165, 1.54) is 89.9 Å². The van der Waals surface area contributed by atoms with Gasteiger partial charge in [-0.15, -0.1) is 0 Å². The summed E-state index contributed by atoms with van der Waals surface area (Å²) in [6.45, 7) is 3.13. The monoisotopic (exact) mass is 530 g/mol. The van der Waals surface area contributed by atoms with Crippen LogP contribution in [0.1, 0.15) is 142 Å². The summed E-state index contributed by atoms with van der Waals surface area (Å²) in [5.41, 5.74) is 0. The first-order valence-electron chi connectivity index (χ1n) is 14.1. The molecule has 4 unspecified atom stereocenters. The van der Waals surface area contributed by atoms with Gasteiger partial charge < -0.3 is 0 Å². The summed E-state index contributed by atoms with van der Waals surface area (Å²) in [4.78, 5) is 24.9. The quantitative estimate of drug-likeness (QED) is 0.274. The topological polar surface area (TPSA) is 52.6 Å². The maximum atomic E-state index is 12.0. The molecule has 5 heteroatoms. The average molecular weight is 530 g/mol. The van der Waals surface area contributed by atoms with Crippen molar-refractivity contribution >= 4 is 26.9 Å². The minimum absolute atomic E-state index is 0.0429. The first-order valence-corrected chi connectivity index (χ1v) is 16.0. The van der Waals surface area contributed by atoms with E-state index in [1.54, 1.807) is 13.8 Å². The van der Waals surface area contributed by atoms with Crippen molar-refractivity contribution in [2.45, 2.75) is 164 Å². The normalized spacial score (nSPS) is 29.9. The molecule has 4 atom stereocenters. The molecule has 0 N–H and O–H groups in total. The Bertz CT molecular complexity index is 492. The van der Waals surface area contributed by atoms with Gasteiger partial charge in [-0.3, -0.25) is 0 Å². The molecule has 4 nitrogen and oxygen atoms in total. The maximum absolute atomic E-state index is 12.0. The standard InChI is InChI=1S/C28H50O4Se/c1-23(29)31-25-19-15-11-7-3-5-9-13-17-21-27(25)33-28-22-18-14-10-6-4-8-12-16-20-26(28)32-24(2)30/h25-28H,3-22H2,1-2H3. The molecule has 2 fully saturated rings. The Kier molecular flexibility index (Phi) is 15.5. The number of carbonyl (C=O) groups excluding carboxylic acids is 2. The molecule has 0 amide bonds. The van der Waals surface area contributed by atoms with Gasteiger partial charge in [0, 0.05) is 0 Å². The van der Waals surface area contributed by atoms with Gasteiger partial charge in [0.2, 0.25) is 0 Å². The van der Waals surface area contributed by atoms with E-state index in [2.05, 4.69) is 0 Å². The van der Waals surface area contributed by atoms with Gasteiger partial charge in [-0.25, -0.2) is 0 Å². The first kappa shape index (κ1) is 28.7. The Morgan fingerprint density at radius 2 is 0.758 bits per heavy atom. The molecule has 2 rings (SSSR count). The number of ether oxygens (including phenoxy) is 2. The zero-order valence-electron chi connectivity index (χ0n) is 21.5. The Hall–Kier alpha value is -0.541. The summed E-state index contributed by atoms with van der Waals surface area (Å²) in [6.07, 6.45) is 24.9. The van der Waals surface area contributed by atoms with Gasteiger partial charge in [-0.2, -0.15) is 0 Å². The van der Waals surface area contributed by atoms with Crippen LogP contribution in [0.4, 0.5) is 0 Å². The summed E-state index contributed by atoms with van der Waals surface area (Å²) in [5, 5.41) is 0. The van der Waals surface area contributed by atoms with E-state index in [1.807, 2.05) is 0 Å². The van der Waals surface area contributed by atoms with Crippen LogP contribution in [0.25, 0.3) is 0 Å². The van der Waals surface area contributed by atoms with Crippen LogP contribution in [-0.4, -0.2) is 39.1 Å². The van der Waals surface area contributed by atoms with Crippen molar-refractivity contribution < 1.29 is 19.1 Å². The molecule has 2 saturated carbocycles. The molecule has 0 aromatic carbocycles. The molecular weight excluding hydrogens is 479 g/mol. The van der Waals surface area contributed by atoms with Crippen LogP contribution in [0.5, 0.6) is 0 Å². The zero-order chi connectivity index (χ0) is 23.7. The second kappa shape index (κ2) is 17.8. The summed E-state index contributed by atoms with van der Waals surface area (Å²) < 4.78 is 11.9. The SMILES string of the molecule is CC(=O)OC1CCCCCCCCCCC1[Se]C1CCCCCCCCCCC1OC(C)=O. The zero-order valence-corrected chi connectivity index (χ0v) is 23.2. The number of rotatable bonds is 4. The fraction of sp³-hybridized carbons (Fsp3) is 0.929. The van der Waals surface area contributed by atoms with Crippen molar-refractivity contribution in [3.63, 3.8) is 0 Å². The number of carbonyl (C=O) groups is 2. The minimum atomic E-state index is -0.136. The second-order valence-electron chi connectivity index (χ2n) is 10.3. The number of hydrogen-bond donors (Lipinski definition) is 0. The van der Waals surface area contributed by atoms with Crippen LogP contribution < -0.4 is 0 Å². The van der Waals surface area contributed by atoms with Gasteiger partial charge in [0.25, 0.3) is 0 Å². The molecule has 0 saturated heterocycles. The Labute approximate surface area is 209 Å². The van der Waals surface area contributed by atoms with Crippen molar-refractivity contribution in [2.24, 2.45) is 0 Å². The molecule has 2 aliphatic rings. The van der Waals surface area contributed by atoms with E-state index in [-0.39, 0.29) is 24.1 Å². The van der Waals surface area contributed by atoms with Gasteiger partial charge in [-0.1, -0.05) is 0 Å². The Morgan fingerprint density at radius 1 is 0.485 bits per heavy atom. The van der Waals surface area contributed by atoms with Crippen molar-refractivity contribution in [3.8, 4) is 0 Å². The molecule has 2 aliphatic carbocycles. The van der Waals surface area contributed by atoms with Gasteiger partial charge in [0.1, 0.15) is 0 Å². The van der Waals surface area contributed by atoms with Gasteiger partial charge in [-0.05, 0) is 0 Å². The third-order valence-electron chi connectivity index (χ3n) is 7.27. The molecule has 0 heterocycles. The third kappa shape index (κ3) is 13.2. The fourth-order valence-electron chi connectivity index (χ4n) is 5.48. The van der Waals surface area contributed by atoms with Crippen LogP contribution in [0.3, 0.4) is 0 Å². The summed E-state index contributed by atoms with van der Waals surface area (Å²) in [5.74, 6) is -0.272. The van der Waals surface area contributed by atoms with Crippen molar-refractivity contribution in [1.29, 1.82) is 0 Å². The van der Waals surface area contributed by atoms with Crippen LogP contribution in [0.2, 0.25) is 9.63 Å². The van der Waals surface area contributed by atoms with Gasteiger partial charge >= 0.3 is 210 Å². The number of hydrogen-bond acceptors (Lipinski definition) is 4. The van der Waals surface area contributed by atoms with Gasteiger partial charge in [0.05, 0.1) is 0 Å². The van der Waals surface area contributed by atoms with E-state index >= 15 is 0 Å². The van der Waals surface area contributed by atoms with Crippen LogP contribution in [0, 0.1) is 0 Å². The molecule has 33 heavy (non-hydrogen) atoms. The van der Waals surface area contributed by atoms with Crippen molar-refractivity contribution in [2.75, 3.05) is 0 Å². The van der Waals surface area contributed by atoms with Crippen molar-refractivity contribution in [3.05, 3.63) is 0 Å². The third-order valence-corrected chi connectivity index (χ3v) is 11.0. The van der Waals surface area contributed by atoms with Crippen molar-refractivity contribution in [1.82, 2.24) is 0 Å². The second-order valence-corrected chi connectivity index (χ2v) is 13.4. The van der Waals surface area contributed by atoms with Crippen LogP contribution in [-0.2, 0) is 19.1 Å². The number of esters is 2. The first-order chi connectivity index (χ1) is 16.1. The molecule has 0 aromatic rings. The Balaban J connectivity index is 2.16. The average Bonchev–Trinajstić information content (AvgIpc) is 2.75.